The number of likely N-dealkylation sites (N-methyl/N-ethyl adjacent to an activating group) is 1. The summed E-state index contributed by atoms with van der Waals surface area (Å²) in [6, 6.07) is 0.484. The largest absolute Gasteiger partial charge is 0.309 e. The third kappa shape index (κ3) is 5.21. The molecule has 2 rings (SSSR count). The van der Waals surface area contributed by atoms with Crippen LogP contribution in [0.4, 0.5) is 0 Å². The Morgan fingerprint density at radius 2 is 2.15 bits per heavy atom. The van der Waals surface area contributed by atoms with Gasteiger partial charge in [-0.05, 0) is 25.8 Å². The van der Waals surface area contributed by atoms with Crippen LogP contribution in [0.5, 0.6) is 0 Å². The second-order valence-corrected chi connectivity index (χ2v) is 6.42. The van der Waals surface area contributed by atoms with Crippen molar-refractivity contribution in [3.05, 3.63) is 11.9 Å². The quantitative estimate of drug-likeness (QED) is 0.789. The molecule has 0 saturated heterocycles. The van der Waals surface area contributed by atoms with Gasteiger partial charge in [-0.25, -0.2) is 0 Å². The van der Waals surface area contributed by atoms with Gasteiger partial charge in [-0.1, -0.05) is 31.9 Å². The summed E-state index contributed by atoms with van der Waals surface area (Å²) in [5.41, 5.74) is 1.03. The van der Waals surface area contributed by atoms with E-state index in [4.69, 9.17) is 0 Å². The predicted molar refractivity (Wildman–Crippen MR) is 81.5 cm³/mol. The summed E-state index contributed by atoms with van der Waals surface area (Å²) >= 11 is 0. The molecule has 0 atom stereocenters. The molecular weight excluding hydrogens is 250 g/mol. The number of rotatable bonds is 8. The van der Waals surface area contributed by atoms with E-state index in [9.17, 15) is 0 Å². The summed E-state index contributed by atoms with van der Waals surface area (Å²) in [7, 11) is 2.22. The Morgan fingerprint density at radius 1 is 1.40 bits per heavy atom. The third-order valence-electron chi connectivity index (χ3n) is 4.03. The van der Waals surface area contributed by atoms with Gasteiger partial charge in [-0.3, -0.25) is 4.68 Å². The molecule has 0 spiro atoms. The Morgan fingerprint density at radius 3 is 2.85 bits per heavy atom. The molecule has 5 nitrogen and oxygen atoms in total. The van der Waals surface area contributed by atoms with Gasteiger partial charge >= 0.3 is 0 Å². The zero-order chi connectivity index (χ0) is 14.4. The highest BCUT2D eigenvalue weighted by Gasteiger charge is 2.16. The van der Waals surface area contributed by atoms with Crippen molar-refractivity contribution in [2.45, 2.75) is 58.7 Å². The molecule has 1 aromatic rings. The first-order valence-corrected chi connectivity index (χ1v) is 7.94. The van der Waals surface area contributed by atoms with Gasteiger partial charge in [0.25, 0.3) is 0 Å². The summed E-state index contributed by atoms with van der Waals surface area (Å²) in [5, 5.41) is 11.8. The fourth-order valence-electron chi connectivity index (χ4n) is 2.84. The number of nitrogens with zero attached hydrogens (tertiary/aromatic N) is 4. The SMILES string of the molecule is CC(C)NCc1cn(CCN(C)CC2CCCC2)nn1. The van der Waals surface area contributed by atoms with Crippen molar-refractivity contribution in [3.63, 3.8) is 0 Å². The molecular formula is C15H29N5. The van der Waals surface area contributed by atoms with E-state index in [1.807, 2.05) is 4.68 Å². The van der Waals surface area contributed by atoms with Crippen molar-refractivity contribution < 1.29 is 0 Å². The monoisotopic (exact) mass is 279 g/mol. The molecule has 5 heteroatoms. The van der Waals surface area contributed by atoms with Gasteiger partial charge in [0, 0.05) is 31.9 Å². The molecule has 1 aliphatic carbocycles. The molecule has 1 aliphatic rings. The summed E-state index contributed by atoms with van der Waals surface area (Å²) in [5.74, 6) is 0.918. The van der Waals surface area contributed by atoms with Crippen molar-refractivity contribution in [1.29, 1.82) is 0 Å². The molecule has 1 fully saturated rings. The first kappa shape index (κ1) is 15.4. The summed E-state index contributed by atoms with van der Waals surface area (Å²) in [6.07, 6.45) is 7.73. The van der Waals surface area contributed by atoms with Crippen LogP contribution < -0.4 is 5.32 Å². The van der Waals surface area contributed by atoms with Crippen LogP contribution in [-0.2, 0) is 13.1 Å². The first-order valence-electron chi connectivity index (χ1n) is 7.94. The second kappa shape index (κ2) is 7.74. The smallest absolute Gasteiger partial charge is 0.0964 e. The minimum atomic E-state index is 0.484. The lowest BCUT2D eigenvalue weighted by Gasteiger charge is -2.20. The predicted octanol–water partition coefficient (Wildman–Crippen LogP) is 1.90. The van der Waals surface area contributed by atoms with Crippen LogP contribution in [0.3, 0.4) is 0 Å². The van der Waals surface area contributed by atoms with Crippen molar-refractivity contribution in [2.75, 3.05) is 20.1 Å². The summed E-state index contributed by atoms with van der Waals surface area (Å²) in [6.45, 7) is 8.30. The van der Waals surface area contributed by atoms with Crippen LogP contribution in [0.15, 0.2) is 6.20 Å². The first-order chi connectivity index (χ1) is 9.63. The average molecular weight is 279 g/mol. The number of nitrogens with one attached hydrogen (secondary N) is 1. The number of hydrogen-bond acceptors (Lipinski definition) is 4. The average Bonchev–Trinajstić information content (AvgIpc) is 3.05. The normalized spacial score (nSPS) is 16.6. The van der Waals surface area contributed by atoms with Crippen LogP contribution in [0.1, 0.15) is 45.2 Å². The fraction of sp³-hybridized carbons (Fsp3) is 0.867. The molecule has 20 heavy (non-hydrogen) atoms. The molecule has 0 bridgehead atoms. The van der Waals surface area contributed by atoms with Crippen molar-refractivity contribution in [2.24, 2.45) is 5.92 Å². The topological polar surface area (TPSA) is 46.0 Å². The van der Waals surface area contributed by atoms with Gasteiger partial charge < -0.3 is 10.2 Å². The number of aromatic nitrogens is 3. The Hall–Kier alpha value is -0.940. The van der Waals surface area contributed by atoms with E-state index in [-0.39, 0.29) is 0 Å². The highest BCUT2D eigenvalue weighted by molar-refractivity contribution is 4.91. The van der Waals surface area contributed by atoms with Gasteiger partial charge in [-0.2, -0.15) is 0 Å². The lowest BCUT2D eigenvalue weighted by Crippen LogP contribution is -2.28. The summed E-state index contributed by atoms with van der Waals surface area (Å²) in [4.78, 5) is 2.43. The molecule has 1 N–H and O–H groups in total. The third-order valence-corrected chi connectivity index (χ3v) is 4.03. The van der Waals surface area contributed by atoms with E-state index in [1.54, 1.807) is 0 Å². The molecule has 1 saturated carbocycles. The minimum Gasteiger partial charge on any atom is -0.309 e. The zero-order valence-electron chi connectivity index (χ0n) is 13.2. The Balaban J connectivity index is 1.67. The standard InChI is InChI=1S/C15H29N5/c1-13(2)16-10-15-12-20(18-17-15)9-8-19(3)11-14-6-4-5-7-14/h12-14,16H,4-11H2,1-3H3. The maximum Gasteiger partial charge on any atom is 0.0964 e. The van der Waals surface area contributed by atoms with Crippen molar-refractivity contribution >= 4 is 0 Å². The Bertz CT molecular complexity index is 381. The molecule has 1 heterocycles. The second-order valence-electron chi connectivity index (χ2n) is 6.42. The highest BCUT2D eigenvalue weighted by atomic mass is 15.4. The lowest BCUT2D eigenvalue weighted by atomic mass is 10.1. The maximum atomic E-state index is 4.20. The molecule has 0 aromatic carbocycles. The molecule has 1 aromatic heterocycles. The van der Waals surface area contributed by atoms with Crippen LogP contribution in [0, 0.1) is 5.92 Å². The fourth-order valence-corrected chi connectivity index (χ4v) is 2.84. The number of hydrogen-bond donors (Lipinski definition) is 1. The van der Waals surface area contributed by atoms with E-state index >= 15 is 0 Å². The zero-order valence-corrected chi connectivity index (χ0v) is 13.2. The Labute approximate surface area is 122 Å². The van der Waals surface area contributed by atoms with Gasteiger partial charge in [-0.15, -0.1) is 5.10 Å². The lowest BCUT2D eigenvalue weighted by molar-refractivity contribution is 0.263. The van der Waals surface area contributed by atoms with E-state index < -0.39 is 0 Å². The van der Waals surface area contributed by atoms with Gasteiger partial charge in [0.1, 0.15) is 0 Å². The minimum absolute atomic E-state index is 0.484. The molecule has 0 unspecified atom stereocenters. The van der Waals surface area contributed by atoms with Crippen molar-refractivity contribution in [1.82, 2.24) is 25.2 Å². The van der Waals surface area contributed by atoms with Gasteiger partial charge in [0.15, 0.2) is 0 Å². The van der Waals surface area contributed by atoms with Crippen LogP contribution in [-0.4, -0.2) is 46.1 Å². The molecule has 0 aliphatic heterocycles. The molecule has 0 radical (unpaired) electrons. The Kier molecular flexibility index (Phi) is 5.98. The van der Waals surface area contributed by atoms with Crippen LogP contribution >= 0.6 is 0 Å². The molecule has 0 amide bonds. The van der Waals surface area contributed by atoms with Gasteiger partial charge in [0.05, 0.1) is 12.2 Å². The molecule has 114 valence electrons. The van der Waals surface area contributed by atoms with Crippen molar-refractivity contribution in [3.8, 4) is 0 Å². The van der Waals surface area contributed by atoms with Gasteiger partial charge in [0.2, 0.25) is 0 Å². The summed E-state index contributed by atoms with van der Waals surface area (Å²) < 4.78 is 1.96. The van der Waals surface area contributed by atoms with E-state index in [1.165, 1.54) is 32.2 Å². The highest BCUT2D eigenvalue weighted by Crippen LogP contribution is 2.24. The maximum absolute atomic E-state index is 4.20. The van der Waals surface area contributed by atoms with E-state index in [0.29, 0.717) is 6.04 Å². The van der Waals surface area contributed by atoms with Crippen LogP contribution in [0.25, 0.3) is 0 Å². The van der Waals surface area contributed by atoms with E-state index in [0.717, 1.165) is 31.2 Å². The van der Waals surface area contributed by atoms with Crippen LogP contribution in [0.2, 0.25) is 0 Å². The van der Waals surface area contributed by atoms with E-state index in [2.05, 4.69) is 47.6 Å².